The number of amides is 2. The summed E-state index contributed by atoms with van der Waals surface area (Å²) in [6, 6.07) is 0. The molecule has 0 saturated carbocycles. The third-order valence-corrected chi connectivity index (χ3v) is 6.56. The van der Waals surface area contributed by atoms with Crippen LogP contribution >= 0.6 is 11.8 Å². The number of nitrogens with two attached hydrogens (primary N) is 1. The molecule has 2 aliphatic rings. The zero-order chi connectivity index (χ0) is 16.2. The molecule has 0 aromatic rings. The van der Waals surface area contributed by atoms with Crippen molar-refractivity contribution in [1.82, 2.24) is 10.3 Å². The van der Waals surface area contributed by atoms with Gasteiger partial charge in [0, 0.05) is 6.42 Å². The highest BCUT2D eigenvalue weighted by molar-refractivity contribution is 8.01. The van der Waals surface area contributed by atoms with E-state index in [4.69, 9.17) is 5.84 Å². The summed E-state index contributed by atoms with van der Waals surface area (Å²) in [7, 11) is 0. The van der Waals surface area contributed by atoms with E-state index in [0.717, 1.165) is 25.9 Å². The highest BCUT2D eigenvalue weighted by atomic mass is 32.2. The van der Waals surface area contributed by atoms with E-state index in [1.807, 2.05) is 4.90 Å². The third kappa shape index (κ3) is 3.58. The van der Waals surface area contributed by atoms with Gasteiger partial charge in [-0.2, -0.15) is 0 Å². The fourth-order valence-electron chi connectivity index (χ4n) is 3.69. The number of piperazine rings is 1. The van der Waals surface area contributed by atoms with E-state index in [2.05, 4.69) is 19.3 Å². The summed E-state index contributed by atoms with van der Waals surface area (Å²) < 4.78 is 0. The lowest BCUT2D eigenvalue weighted by Gasteiger charge is -2.48. The molecular weight excluding hydrogens is 300 g/mol. The van der Waals surface area contributed by atoms with Gasteiger partial charge < -0.3 is 9.80 Å². The molecule has 2 amide bonds. The molecule has 6 nitrogen and oxygen atoms in total. The van der Waals surface area contributed by atoms with Gasteiger partial charge in [0.1, 0.15) is 10.9 Å². The van der Waals surface area contributed by atoms with Crippen molar-refractivity contribution in [3.63, 3.8) is 0 Å². The van der Waals surface area contributed by atoms with Crippen molar-refractivity contribution in [2.75, 3.05) is 25.4 Å². The number of rotatable bonds is 7. The molecule has 0 spiro atoms. The average Bonchev–Trinajstić information content (AvgIpc) is 2.89. The number of hydrogen-bond acceptors (Lipinski definition) is 4. The first-order chi connectivity index (χ1) is 10.5. The van der Waals surface area contributed by atoms with Crippen LogP contribution in [0.3, 0.4) is 0 Å². The van der Waals surface area contributed by atoms with Crippen LogP contribution in [0, 0.1) is 0 Å². The highest BCUT2D eigenvalue weighted by Crippen LogP contribution is 2.35. The summed E-state index contributed by atoms with van der Waals surface area (Å²) >= 11 is 1.74. The number of nitrogens with one attached hydrogen (secondary N) is 2. The Kier molecular flexibility index (Phi) is 6.11. The number of carbonyl (C=O) groups excluding carboxylic acids is 2. The van der Waals surface area contributed by atoms with Gasteiger partial charge in [0.05, 0.1) is 18.8 Å². The number of nitrogens with zero attached hydrogens (tertiary/aromatic N) is 1. The summed E-state index contributed by atoms with van der Waals surface area (Å²) in [6.45, 7) is 6.40. The van der Waals surface area contributed by atoms with Gasteiger partial charge in [-0.1, -0.05) is 26.2 Å². The molecule has 2 heterocycles. The van der Waals surface area contributed by atoms with E-state index in [-0.39, 0.29) is 22.7 Å². The second kappa shape index (κ2) is 7.66. The Morgan fingerprint density at radius 1 is 1.50 bits per heavy atom. The molecule has 0 radical (unpaired) electrons. The van der Waals surface area contributed by atoms with Crippen molar-refractivity contribution in [2.45, 2.75) is 56.9 Å². The van der Waals surface area contributed by atoms with Gasteiger partial charge in [0.2, 0.25) is 5.91 Å². The Balaban J connectivity index is 2.10. The summed E-state index contributed by atoms with van der Waals surface area (Å²) in [5.41, 5.74) is 2.17. The molecule has 2 fully saturated rings. The number of carbonyl (C=O) groups is 2. The molecule has 0 aromatic carbocycles. The molecule has 2 aliphatic heterocycles. The van der Waals surface area contributed by atoms with Crippen molar-refractivity contribution in [1.29, 1.82) is 0 Å². The van der Waals surface area contributed by atoms with E-state index >= 15 is 0 Å². The lowest BCUT2D eigenvalue weighted by atomic mass is 9.88. The van der Waals surface area contributed by atoms with Crippen molar-refractivity contribution >= 4 is 23.6 Å². The molecule has 0 bridgehead atoms. The second-order valence-corrected chi connectivity index (χ2v) is 7.64. The van der Waals surface area contributed by atoms with E-state index in [1.165, 1.54) is 24.2 Å². The van der Waals surface area contributed by atoms with Crippen LogP contribution in [0.15, 0.2) is 0 Å². The Hall–Kier alpha value is -0.790. The zero-order valence-corrected chi connectivity index (χ0v) is 14.5. The van der Waals surface area contributed by atoms with Crippen LogP contribution in [0.5, 0.6) is 0 Å². The molecule has 22 heavy (non-hydrogen) atoms. The quantitative estimate of drug-likeness (QED) is 0.255. The average molecular weight is 329 g/mol. The van der Waals surface area contributed by atoms with Crippen LogP contribution in [0.25, 0.3) is 0 Å². The molecule has 2 saturated heterocycles. The van der Waals surface area contributed by atoms with Gasteiger partial charge >= 0.3 is 0 Å². The first-order valence-corrected chi connectivity index (χ1v) is 9.33. The van der Waals surface area contributed by atoms with Crippen molar-refractivity contribution in [2.24, 2.45) is 5.84 Å². The Morgan fingerprint density at radius 3 is 2.95 bits per heavy atom. The summed E-state index contributed by atoms with van der Waals surface area (Å²) in [5, 5.41) is 0.191. The molecular formula is C15H29N4O2S+. The SMILES string of the molecule is CCCCCC[C@@]1(C)[C@@H]2SCC(=O)N2CC[NH+]1CC(=O)NN. The minimum Gasteiger partial charge on any atom is -0.319 e. The minimum absolute atomic E-state index is 0.0741. The van der Waals surface area contributed by atoms with Gasteiger partial charge in [-0.3, -0.25) is 15.0 Å². The molecule has 0 aromatic heterocycles. The highest BCUT2D eigenvalue weighted by Gasteiger charge is 2.54. The van der Waals surface area contributed by atoms with Crippen LogP contribution in [0.4, 0.5) is 0 Å². The minimum atomic E-state index is -0.127. The first kappa shape index (κ1) is 17.6. The maximum atomic E-state index is 12.1. The third-order valence-electron chi connectivity index (χ3n) is 5.06. The Morgan fingerprint density at radius 2 is 2.27 bits per heavy atom. The van der Waals surface area contributed by atoms with Gasteiger partial charge in [-0.15, -0.1) is 11.8 Å². The van der Waals surface area contributed by atoms with Gasteiger partial charge in [0.25, 0.3) is 5.91 Å². The standard InChI is InChI=1S/C15H28N4O2S/c1-3-4-5-6-7-15(2)14-19(13(21)11-22-14)9-8-18(15)10-12(20)17-16/h14H,3-11,16H2,1-2H3,(H,17,20)/p+1/t14-,15-/m0/s1. The predicted octanol–water partition coefficient (Wildman–Crippen LogP) is -0.495. The topological polar surface area (TPSA) is 79.9 Å². The van der Waals surface area contributed by atoms with Crippen LogP contribution in [-0.4, -0.2) is 53.0 Å². The molecule has 1 unspecified atom stereocenters. The van der Waals surface area contributed by atoms with Gasteiger partial charge in [0.15, 0.2) is 6.54 Å². The van der Waals surface area contributed by atoms with Crippen LogP contribution in [0.1, 0.15) is 46.0 Å². The summed E-state index contributed by atoms with van der Waals surface area (Å²) in [4.78, 5) is 27.1. The maximum absolute atomic E-state index is 12.1. The monoisotopic (exact) mass is 329 g/mol. The number of hydrazine groups is 1. The van der Waals surface area contributed by atoms with E-state index in [1.54, 1.807) is 11.8 Å². The molecule has 3 atom stereocenters. The van der Waals surface area contributed by atoms with E-state index in [9.17, 15) is 9.59 Å². The van der Waals surface area contributed by atoms with Gasteiger partial charge in [-0.25, -0.2) is 5.84 Å². The number of fused-ring (bicyclic) bond motifs is 1. The normalized spacial score (nSPS) is 31.2. The van der Waals surface area contributed by atoms with E-state index in [0.29, 0.717) is 12.3 Å². The summed E-state index contributed by atoms with van der Waals surface area (Å²) in [6.07, 6.45) is 5.87. The molecule has 7 heteroatoms. The summed E-state index contributed by atoms with van der Waals surface area (Å²) in [5.74, 6) is 5.96. The predicted molar refractivity (Wildman–Crippen MR) is 88.1 cm³/mol. The molecule has 0 aliphatic carbocycles. The lowest BCUT2D eigenvalue weighted by Crippen LogP contribution is -3.24. The number of quaternary nitrogens is 1. The lowest BCUT2D eigenvalue weighted by molar-refractivity contribution is -0.950. The van der Waals surface area contributed by atoms with Crippen molar-refractivity contribution < 1.29 is 14.5 Å². The zero-order valence-electron chi connectivity index (χ0n) is 13.7. The number of hydrogen-bond donors (Lipinski definition) is 3. The smallest absolute Gasteiger partial charge is 0.289 e. The maximum Gasteiger partial charge on any atom is 0.289 e. The molecule has 4 N–H and O–H groups in total. The van der Waals surface area contributed by atoms with Crippen molar-refractivity contribution in [3.8, 4) is 0 Å². The van der Waals surface area contributed by atoms with Crippen molar-refractivity contribution in [3.05, 3.63) is 0 Å². The van der Waals surface area contributed by atoms with Crippen LogP contribution < -0.4 is 16.2 Å². The number of thioether (sulfide) groups is 1. The first-order valence-electron chi connectivity index (χ1n) is 8.28. The fourth-order valence-corrected chi connectivity index (χ4v) is 5.22. The molecule has 126 valence electrons. The molecule has 2 rings (SSSR count). The number of unbranched alkanes of at least 4 members (excludes halogenated alkanes) is 3. The second-order valence-electron chi connectivity index (χ2n) is 6.58. The largest absolute Gasteiger partial charge is 0.319 e. The van der Waals surface area contributed by atoms with E-state index < -0.39 is 0 Å². The Bertz CT molecular complexity index is 420. The van der Waals surface area contributed by atoms with Gasteiger partial charge in [-0.05, 0) is 13.3 Å². The van der Waals surface area contributed by atoms with Crippen LogP contribution in [0.2, 0.25) is 0 Å². The fraction of sp³-hybridized carbons (Fsp3) is 0.867. The van der Waals surface area contributed by atoms with Crippen LogP contribution in [-0.2, 0) is 9.59 Å². The Labute approximate surface area is 137 Å².